The number of allylic oxidation sites excluding steroid dienone is 6. The summed E-state index contributed by atoms with van der Waals surface area (Å²) in [6.45, 7) is 18.9. The number of hydrogen-bond donors (Lipinski definition) is 6. The number of ketones is 3. The number of esters is 1. The van der Waals surface area contributed by atoms with Gasteiger partial charge in [-0.3, -0.25) is 28.9 Å². The summed E-state index contributed by atoms with van der Waals surface area (Å²) in [5, 5.41) is 51.7. The topological polar surface area (TPSA) is 446 Å². The SMILES string of the molecule is CO[C@H]1C[C@@H]2CC[C@@H](C)[C@@](O)(O2)C(=O)C(=O)N2CCCC[C@H]2C(=O)O[C@H]([C@H](C)C[C@@H]2CC[C@@H](OCc3cccc(-c4cnc(N5CCN(Cc6cn(CCOCCOCCOCCC(=O)NCCCCn7nc(-c8ccc9oc(N)nc9c8)c8c(N)ncnc87)nn6)C(CO)C5)nc4)c3)[C@H](OC)C2)CC(=O)[C@H](C)/C=C(\C)[C@@H](O)[C@@H](OC)C(=O)[C@H](C)C[C@H](C)/C=C/C=C/C=C/1C. The number of ether oxygens (including phenoxy) is 9. The molecular formula is C95H132N16O19. The highest BCUT2D eigenvalue weighted by atomic mass is 16.6. The molecule has 2 amide bonds. The highest BCUT2D eigenvalue weighted by Crippen LogP contribution is 2.40. The summed E-state index contributed by atoms with van der Waals surface area (Å²) >= 11 is 0. The van der Waals surface area contributed by atoms with Gasteiger partial charge >= 0.3 is 5.97 Å². The number of aliphatic hydroxyl groups is 3. The van der Waals surface area contributed by atoms with Crippen LogP contribution in [0.4, 0.5) is 17.8 Å². The average molecular weight is 1800 g/mol. The predicted octanol–water partition coefficient (Wildman–Crippen LogP) is 9.29. The third-order valence-corrected chi connectivity index (χ3v) is 25.9. The number of nitrogens with zero attached hydrogens (tertiary/aromatic N) is 13. The number of aryl methyl sites for hydroxylation is 1. The Balaban J connectivity index is 0.567. The fourth-order valence-corrected chi connectivity index (χ4v) is 18.2. The van der Waals surface area contributed by atoms with E-state index in [2.05, 4.69) is 46.4 Å². The van der Waals surface area contributed by atoms with E-state index in [0.717, 1.165) is 52.8 Å². The van der Waals surface area contributed by atoms with E-state index in [9.17, 15) is 44.1 Å². The van der Waals surface area contributed by atoms with Crippen LogP contribution in [0.15, 0.2) is 119 Å². The molecule has 2 bridgehead atoms. The van der Waals surface area contributed by atoms with E-state index in [1.54, 1.807) is 56.5 Å². The molecule has 1 unspecified atom stereocenters. The Bertz CT molecular complexity index is 5040. The number of aliphatic hydroxyl groups excluding tert-OH is 2. The van der Waals surface area contributed by atoms with E-state index in [1.807, 2.05) is 107 Å². The maximum absolute atomic E-state index is 14.9. The van der Waals surface area contributed by atoms with Crippen molar-refractivity contribution >= 4 is 75.0 Å². The molecule has 1 saturated carbocycles. The van der Waals surface area contributed by atoms with Crippen LogP contribution in [0.5, 0.6) is 0 Å². The second-order valence-electron chi connectivity index (χ2n) is 35.5. The van der Waals surface area contributed by atoms with E-state index >= 15 is 0 Å². The number of aromatic nitrogens is 10. The number of piperidine rings is 1. The molecule has 8 N–H and O–H groups in total. The van der Waals surface area contributed by atoms with Gasteiger partial charge in [-0.25, -0.2) is 34.1 Å². The second kappa shape index (κ2) is 47.9. The van der Waals surface area contributed by atoms with Crippen LogP contribution in [0.3, 0.4) is 0 Å². The van der Waals surface area contributed by atoms with E-state index in [0.29, 0.717) is 188 Å². The van der Waals surface area contributed by atoms with Gasteiger partial charge in [-0.2, -0.15) is 10.1 Å². The Hall–Kier alpha value is -10.0. The highest BCUT2D eigenvalue weighted by molar-refractivity contribution is 6.39. The van der Waals surface area contributed by atoms with Gasteiger partial charge in [0, 0.05) is 134 Å². The normalized spacial score (nSPS) is 27.6. The van der Waals surface area contributed by atoms with Crippen molar-refractivity contribution in [2.45, 2.75) is 232 Å². The van der Waals surface area contributed by atoms with Crippen LogP contribution in [-0.4, -0.2) is 271 Å². The third-order valence-electron chi connectivity index (χ3n) is 25.9. The molecule has 706 valence electrons. The van der Waals surface area contributed by atoms with Gasteiger partial charge in [-0.1, -0.05) is 94.5 Å². The molecule has 2 aromatic carbocycles. The van der Waals surface area contributed by atoms with Crippen molar-refractivity contribution in [1.29, 1.82) is 0 Å². The summed E-state index contributed by atoms with van der Waals surface area (Å²) in [5.74, 6) is -7.61. The number of cyclic esters (lactones) is 1. The maximum atomic E-state index is 14.9. The number of hydrogen-bond acceptors (Lipinski definition) is 31. The number of carbonyl (C=O) groups excluding carboxylic acids is 6. The van der Waals surface area contributed by atoms with E-state index in [-0.39, 0.29) is 92.6 Å². The number of oxazole rings is 1. The number of amides is 2. The lowest BCUT2D eigenvalue weighted by Gasteiger charge is -2.42. The van der Waals surface area contributed by atoms with Gasteiger partial charge in [0.25, 0.3) is 17.7 Å². The molecule has 16 atom stereocenters. The third kappa shape index (κ3) is 26.3. The zero-order valence-electron chi connectivity index (χ0n) is 76.7. The fourth-order valence-electron chi connectivity index (χ4n) is 18.2. The molecule has 0 radical (unpaired) electrons. The molecule has 35 nitrogen and oxygen atoms in total. The number of nitrogen functional groups attached to an aromatic ring is 2. The minimum absolute atomic E-state index is 0.0143. The Morgan fingerprint density at radius 3 is 2.34 bits per heavy atom. The van der Waals surface area contributed by atoms with Crippen molar-refractivity contribution in [2.24, 2.45) is 35.5 Å². The van der Waals surface area contributed by atoms with Crippen molar-refractivity contribution in [3.63, 3.8) is 0 Å². The van der Waals surface area contributed by atoms with Gasteiger partial charge in [-0.05, 0) is 155 Å². The van der Waals surface area contributed by atoms with Gasteiger partial charge in [0.05, 0.1) is 101 Å². The molecular weight excluding hydrogens is 1670 g/mol. The summed E-state index contributed by atoms with van der Waals surface area (Å²) in [6.07, 6.45) is 19.9. The minimum Gasteiger partial charge on any atom is -0.460 e. The Labute approximate surface area is 759 Å². The van der Waals surface area contributed by atoms with Gasteiger partial charge in [0.15, 0.2) is 17.0 Å². The zero-order chi connectivity index (χ0) is 92.5. The van der Waals surface area contributed by atoms with Crippen molar-refractivity contribution in [3.05, 3.63) is 126 Å². The van der Waals surface area contributed by atoms with Crippen LogP contribution in [0.25, 0.3) is 44.5 Å². The molecule has 7 aromatic rings. The van der Waals surface area contributed by atoms with E-state index in [1.165, 1.54) is 18.3 Å². The first-order valence-corrected chi connectivity index (χ1v) is 45.9. The number of nitrogens with one attached hydrogen (secondary N) is 1. The lowest BCUT2D eigenvalue weighted by Crippen LogP contribution is -2.61. The molecule has 5 aliphatic rings. The number of nitrogens with two attached hydrogens (primary N) is 2. The second-order valence-corrected chi connectivity index (χ2v) is 35.5. The summed E-state index contributed by atoms with van der Waals surface area (Å²) in [4.78, 5) is 113. The van der Waals surface area contributed by atoms with Crippen molar-refractivity contribution in [1.82, 2.24) is 64.8 Å². The molecule has 4 aliphatic heterocycles. The lowest BCUT2D eigenvalue weighted by atomic mass is 9.78. The van der Waals surface area contributed by atoms with Gasteiger partial charge in [0.1, 0.15) is 53.5 Å². The molecule has 9 heterocycles. The van der Waals surface area contributed by atoms with Crippen LogP contribution >= 0.6 is 0 Å². The van der Waals surface area contributed by atoms with Gasteiger partial charge in [0.2, 0.25) is 17.6 Å². The smallest absolute Gasteiger partial charge is 0.329 e. The van der Waals surface area contributed by atoms with Gasteiger partial charge in [-0.15, -0.1) is 5.10 Å². The highest BCUT2D eigenvalue weighted by Gasteiger charge is 2.53. The Morgan fingerprint density at radius 1 is 0.785 bits per heavy atom. The monoisotopic (exact) mass is 1800 g/mol. The molecule has 35 heteroatoms. The lowest BCUT2D eigenvalue weighted by molar-refractivity contribution is -0.265. The molecule has 5 aromatic heterocycles. The van der Waals surface area contributed by atoms with Crippen LogP contribution in [0, 0.1) is 35.5 Å². The first-order valence-electron chi connectivity index (χ1n) is 45.9. The van der Waals surface area contributed by atoms with E-state index in [4.69, 9.17) is 73.6 Å². The molecule has 0 spiro atoms. The number of anilines is 3. The van der Waals surface area contributed by atoms with Crippen LogP contribution in [0.1, 0.15) is 156 Å². The standard InChI is InChI=1S/C95H132N16O19/c1-59-19-12-11-13-20-60(2)79(121-8)49-73-27-24-65(7)95(120,130-73)88(117)91(118)110-32-16-14-23-75(110)92(119)128-80(50-76(113)61(3)44-64(6)86(116)87(123-10)85(115)63(5)43-59)62(4)45-66-25-28-78(81(47-66)122-9)127-57-67-21-18-22-68(46-67)70-51-99-94(100-52-70)108-35-34-107(72(55-108)56-112)53-71-54-109(106-104-71)36-38-125-40-42-126-41-39-124-37-30-82(114)98-31-15-17-33-111-90-83(89(96)101-58-102-90)84(105-111)69-26-29-77-74(48-69)103-93(97)129-77/h11-13,18-22,26,29,44,46,48,51-52,54,58-59,61-63,65-66,72-73,75,78-81,86-87,112,116,120H,14-17,23-25,27-28,30-43,45,47,49-50,53,55-57H2,1-10H3,(H2,97,103)(H,98,114)(H2,96,101,102)/b13-11+,19-12+,60-20+,64-44+/t59-,61-,62-,63-,65-,66+,72?,73+,75+,78-,79+,80+,81-,86-,87+,95-/m1/s1. The summed E-state index contributed by atoms with van der Waals surface area (Å²) in [5.41, 5.74) is 19.9. The molecule has 3 saturated heterocycles. The number of carbonyl (C=O) groups is 6. The largest absolute Gasteiger partial charge is 0.460 e. The molecule has 130 heavy (non-hydrogen) atoms. The van der Waals surface area contributed by atoms with Crippen LogP contribution in [0.2, 0.25) is 0 Å². The van der Waals surface area contributed by atoms with Crippen LogP contribution in [-0.2, 0) is 97.6 Å². The number of unbranched alkanes of at least 4 members (excludes halogenated alkanes) is 1. The number of fused-ring (bicyclic) bond motifs is 5. The minimum atomic E-state index is -2.48. The van der Waals surface area contributed by atoms with Crippen molar-refractivity contribution in [3.8, 4) is 22.4 Å². The zero-order valence-corrected chi connectivity index (χ0v) is 76.7. The van der Waals surface area contributed by atoms with E-state index < -0.39 is 83.7 Å². The van der Waals surface area contributed by atoms with Gasteiger partial charge < -0.3 is 89.0 Å². The van der Waals surface area contributed by atoms with Crippen molar-refractivity contribution in [2.75, 3.05) is 117 Å². The summed E-state index contributed by atoms with van der Waals surface area (Å²) in [7, 11) is 4.63. The Kier molecular flexibility index (Phi) is 36.5. The Morgan fingerprint density at radius 2 is 1.57 bits per heavy atom. The first kappa shape index (κ1) is 99.0. The first-order chi connectivity index (χ1) is 62.7. The van der Waals surface area contributed by atoms with Crippen LogP contribution < -0.4 is 21.7 Å². The number of piperazine rings is 1. The molecule has 1 aliphatic carbocycles. The molecule has 4 fully saturated rings. The number of methoxy groups -OCH3 is 3. The number of Topliss-reactive ketones (excluding diaryl/α,β-unsaturated/α-hetero) is 3. The average Bonchev–Trinajstić information content (AvgIpc) is 1.54. The number of rotatable bonds is 32. The fraction of sp³-hybridized carbons (Fsp3) is 0.600. The quantitative estimate of drug-likeness (QED) is 0.00989. The summed E-state index contributed by atoms with van der Waals surface area (Å²) in [6, 6.07) is 12.2. The van der Waals surface area contributed by atoms with Crippen molar-refractivity contribution < 1.29 is 91.1 Å². The summed E-state index contributed by atoms with van der Waals surface area (Å²) < 4.78 is 63.3. The predicted molar refractivity (Wildman–Crippen MR) is 485 cm³/mol. The maximum Gasteiger partial charge on any atom is 0.329 e. The molecule has 12 rings (SSSR count). The number of benzene rings is 2.